The van der Waals surface area contributed by atoms with Crippen LogP contribution in [0.25, 0.3) is 0 Å². The van der Waals surface area contributed by atoms with Crippen LogP contribution in [-0.2, 0) is 4.79 Å². The minimum Gasteiger partial charge on any atom is -0.398 e. The summed E-state index contributed by atoms with van der Waals surface area (Å²) in [5, 5.41) is 2.97. The Morgan fingerprint density at radius 2 is 1.77 bits per heavy atom. The van der Waals surface area contributed by atoms with Crippen LogP contribution in [0.1, 0.15) is 46.2 Å². The van der Waals surface area contributed by atoms with Gasteiger partial charge in [-0.25, -0.2) is 4.39 Å². The molecule has 3 rings (SSSR count). The number of anilines is 2. The van der Waals surface area contributed by atoms with Crippen LogP contribution in [0.2, 0.25) is 0 Å². The van der Waals surface area contributed by atoms with E-state index >= 15 is 0 Å². The number of hydrogen-bond donors (Lipinski definition) is 4. The Labute approximate surface area is 182 Å². The zero-order chi connectivity index (χ0) is 22.5. The fraction of sp³-hybridized carbons (Fsp3) is 0.240. The molecule has 0 heterocycles. The maximum atomic E-state index is 13.6. The molecule has 3 aromatic rings. The minimum absolute atomic E-state index is 0.149. The van der Waals surface area contributed by atoms with Crippen molar-refractivity contribution in [3.8, 4) is 0 Å². The second-order valence-electron chi connectivity index (χ2n) is 7.84. The largest absolute Gasteiger partial charge is 0.398 e. The molecule has 0 saturated carbocycles. The molecular formula is C25H29FN4O. The third-order valence-corrected chi connectivity index (χ3v) is 5.60. The second-order valence-corrected chi connectivity index (χ2v) is 7.84. The number of rotatable bonds is 7. The molecule has 1 amide bonds. The number of carbonyl (C=O) groups is 1. The van der Waals surface area contributed by atoms with Crippen molar-refractivity contribution in [2.24, 2.45) is 11.5 Å². The van der Waals surface area contributed by atoms with Gasteiger partial charge in [0.25, 0.3) is 0 Å². The normalized spacial score (nSPS) is 12.9. The van der Waals surface area contributed by atoms with E-state index in [4.69, 9.17) is 17.2 Å². The molecular weight excluding hydrogens is 391 g/mol. The number of hydrogen-bond acceptors (Lipinski definition) is 4. The lowest BCUT2D eigenvalue weighted by atomic mass is 9.92. The van der Waals surface area contributed by atoms with Crippen molar-refractivity contribution in [2.45, 2.75) is 32.2 Å². The summed E-state index contributed by atoms with van der Waals surface area (Å²) in [7, 11) is 0. The van der Waals surface area contributed by atoms with Crippen molar-refractivity contribution in [1.82, 2.24) is 0 Å². The summed E-state index contributed by atoms with van der Waals surface area (Å²) in [6.45, 7) is 4.45. The van der Waals surface area contributed by atoms with Crippen LogP contribution < -0.4 is 22.5 Å². The van der Waals surface area contributed by atoms with Gasteiger partial charge in [-0.3, -0.25) is 4.79 Å². The summed E-state index contributed by atoms with van der Waals surface area (Å²) in [4.78, 5) is 13.1. The Bertz CT molecular complexity index is 1080. The number of nitrogens with two attached hydrogens (primary N) is 3. The topological polar surface area (TPSA) is 107 Å². The van der Waals surface area contributed by atoms with Crippen LogP contribution in [0.3, 0.4) is 0 Å². The molecule has 162 valence electrons. The summed E-state index contributed by atoms with van der Waals surface area (Å²) in [5.41, 5.74) is 23.7. The molecule has 0 spiro atoms. The van der Waals surface area contributed by atoms with Gasteiger partial charge >= 0.3 is 0 Å². The van der Waals surface area contributed by atoms with E-state index in [1.807, 2.05) is 32.0 Å². The number of amides is 1. The average molecular weight is 421 g/mol. The van der Waals surface area contributed by atoms with Crippen LogP contribution in [0.5, 0.6) is 0 Å². The van der Waals surface area contributed by atoms with Gasteiger partial charge in [-0.05, 0) is 85.0 Å². The van der Waals surface area contributed by atoms with E-state index in [1.165, 1.54) is 17.7 Å². The Kier molecular flexibility index (Phi) is 7.05. The van der Waals surface area contributed by atoms with Crippen LogP contribution in [0.4, 0.5) is 15.8 Å². The molecule has 0 saturated heterocycles. The molecule has 0 aliphatic heterocycles. The molecule has 6 heteroatoms. The van der Waals surface area contributed by atoms with Gasteiger partial charge in [0.15, 0.2) is 0 Å². The highest BCUT2D eigenvalue weighted by atomic mass is 19.1. The Morgan fingerprint density at radius 1 is 1.00 bits per heavy atom. The lowest BCUT2D eigenvalue weighted by molar-refractivity contribution is -0.117. The van der Waals surface area contributed by atoms with Crippen LogP contribution in [0.15, 0.2) is 60.7 Å². The summed E-state index contributed by atoms with van der Waals surface area (Å²) in [6, 6.07) is 16.7. The van der Waals surface area contributed by atoms with Gasteiger partial charge in [-0.15, -0.1) is 0 Å². The molecule has 2 atom stereocenters. The smallest absolute Gasteiger partial charge is 0.231 e. The summed E-state index contributed by atoms with van der Waals surface area (Å²) >= 11 is 0. The van der Waals surface area contributed by atoms with Crippen molar-refractivity contribution >= 4 is 17.3 Å². The predicted molar refractivity (Wildman–Crippen MR) is 124 cm³/mol. The van der Waals surface area contributed by atoms with Gasteiger partial charge in [-0.2, -0.15) is 0 Å². The molecule has 0 aliphatic rings. The fourth-order valence-electron chi connectivity index (χ4n) is 3.63. The van der Waals surface area contributed by atoms with Crippen molar-refractivity contribution < 1.29 is 9.18 Å². The highest BCUT2D eigenvalue weighted by molar-refractivity contribution is 5.96. The first-order chi connectivity index (χ1) is 14.8. The summed E-state index contributed by atoms with van der Waals surface area (Å²) in [6.07, 6.45) is 0.527. The van der Waals surface area contributed by atoms with Gasteiger partial charge in [0.1, 0.15) is 5.82 Å². The lowest BCUT2D eigenvalue weighted by Crippen LogP contribution is -2.24. The van der Waals surface area contributed by atoms with Crippen LogP contribution >= 0.6 is 0 Å². The predicted octanol–water partition coefficient (Wildman–Crippen LogP) is 4.14. The van der Waals surface area contributed by atoms with Gasteiger partial charge in [0.2, 0.25) is 5.91 Å². The van der Waals surface area contributed by atoms with Gasteiger partial charge in [0.05, 0.1) is 12.0 Å². The maximum Gasteiger partial charge on any atom is 0.231 e. The van der Waals surface area contributed by atoms with Crippen molar-refractivity contribution in [3.63, 3.8) is 0 Å². The number of carbonyl (C=O) groups excluding carboxylic acids is 1. The highest BCUT2D eigenvalue weighted by Gasteiger charge is 2.21. The standard InChI is InChI=1S/C25H29FN4O/c1-15-6-7-17(12-16(15)2)21(10-11-27)25(31)30-20-8-9-23(28)22(14-20)24(29)18-4-3-5-19(26)13-18/h3-9,12-14,21,24H,10-11,27-29H2,1-2H3,(H,30,31). The zero-order valence-corrected chi connectivity index (χ0v) is 17.9. The van der Waals surface area contributed by atoms with Gasteiger partial charge < -0.3 is 22.5 Å². The van der Waals surface area contributed by atoms with Crippen molar-refractivity contribution in [3.05, 3.63) is 94.3 Å². The van der Waals surface area contributed by atoms with Gasteiger partial charge in [0, 0.05) is 11.4 Å². The first-order valence-electron chi connectivity index (χ1n) is 10.3. The van der Waals surface area contributed by atoms with E-state index in [-0.39, 0.29) is 17.6 Å². The van der Waals surface area contributed by atoms with E-state index < -0.39 is 6.04 Å². The van der Waals surface area contributed by atoms with Crippen molar-refractivity contribution in [2.75, 3.05) is 17.6 Å². The Hall–Kier alpha value is -3.22. The van der Waals surface area contributed by atoms with E-state index in [0.717, 1.165) is 11.1 Å². The van der Waals surface area contributed by atoms with E-state index in [9.17, 15) is 9.18 Å². The molecule has 7 N–H and O–H groups in total. The minimum atomic E-state index is -0.618. The number of aryl methyl sites for hydroxylation is 2. The molecule has 0 aromatic heterocycles. The van der Waals surface area contributed by atoms with Gasteiger partial charge in [-0.1, -0.05) is 30.3 Å². The molecule has 0 radical (unpaired) electrons. The monoisotopic (exact) mass is 420 g/mol. The van der Waals surface area contributed by atoms with Crippen molar-refractivity contribution in [1.29, 1.82) is 0 Å². The average Bonchev–Trinajstić information content (AvgIpc) is 2.75. The Balaban J connectivity index is 1.86. The SMILES string of the molecule is Cc1ccc(C(CCN)C(=O)Nc2ccc(N)c(C(N)c3cccc(F)c3)c2)cc1C. The molecule has 3 aromatic carbocycles. The summed E-state index contributed by atoms with van der Waals surface area (Å²) in [5.74, 6) is -0.889. The van der Waals surface area contributed by atoms with Crippen LogP contribution in [0, 0.1) is 19.7 Å². The quantitative estimate of drug-likeness (QED) is 0.431. The zero-order valence-electron chi connectivity index (χ0n) is 17.9. The first-order valence-corrected chi connectivity index (χ1v) is 10.3. The summed E-state index contributed by atoms with van der Waals surface area (Å²) < 4.78 is 13.6. The molecule has 31 heavy (non-hydrogen) atoms. The van der Waals surface area contributed by atoms with E-state index in [1.54, 1.807) is 30.3 Å². The third kappa shape index (κ3) is 5.29. The fourth-order valence-corrected chi connectivity index (χ4v) is 3.63. The molecule has 5 nitrogen and oxygen atoms in total. The first kappa shape index (κ1) is 22.5. The second kappa shape index (κ2) is 9.73. The van der Waals surface area contributed by atoms with E-state index in [0.29, 0.717) is 35.5 Å². The number of benzene rings is 3. The Morgan fingerprint density at radius 3 is 2.45 bits per heavy atom. The molecule has 0 aliphatic carbocycles. The number of nitrogens with one attached hydrogen (secondary N) is 1. The van der Waals surface area contributed by atoms with E-state index in [2.05, 4.69) is 5.32 Å². The third-order valence-electron chi connectivity index (χ3n) is 5.60. The molecule has 0 bridgehead atoms. The number of nitrogen functional groups attached to an aromatic ring is 1. The molecule has 2 unspecified atom stereocenters. The van der Waals surface area contributed by atoms with Crippen LogP contribution in [-0.4, -0.2) is 12.5 Å². The maximum absolute atomic E-state index is 13.6. The lowest BCUT2D eigenvalue weighted by Gasteiger charge is -2.20. The molecule has 0 fully saturated rings. The number of halogens is 1. The highest BCUT2D eigenvalue weighted by Crippen LogP contribution is 2.29.